The van der Waals surface area contributed by atoms with Gasteiger partial charge in [-0.05, 0) is 37.2 Å². The summed E-state index contributed by atoms with van der Waals surface area (Å²) < 4.78 is 39.6. The Morgan fingerprint density at radius 1 is 1.37 bits per heavy atom. The van der Waals surface area contributed by atoms with Gasteiger partial charge in [0.25, 0.3) is 0 Å². The summed E-state index contributed by atoms with van der Waals surface area (Å²) in [5.41, 5.74) is 3.83. The molecule has 106 valence electrons. The van der Waals surface area contributed by atoms with Crippen LogP contribution in [-0.4, -0.2) is 6.18 Å². The van der Waals surface area contributed by atoms with Crippen molar-refractivity contribution in [3.63, 3.8) is 0 Å². The van der Waals surface area contributed by atoms with Crippen LogP contribution in [0.3, 0.4) is 0 Å². The van der Waals surface area contributed by atoms with Crippen LogP contribution in [0.25, 0.3) is 0 Å². The fraction of sp³-hybridized carbons (Fsp3) is 0.562. The summed E-state index contributed by atoms with van der Waals surface area (Å²) in [5, 5.41) is 0. The van der Waals surface area contributed by atoms with Gasteiger partial charge >= 0.3 is 6.18 Å². The topological polar surface area (TPSA) is 0 Å². The summed E-state index contributed by atoms with van der Waals surface area (Å²) in [7, 11) is 0. The number of alkyl halides is 3. The van der Waals surface area contributed by atoms with Gasteiger partial charge in [0.2, 0.25) is 0 Å². The van der Waals surface area contributed by atoms with Crippen molar-refractivity contribution in [1.82, 2.24) is 0 Å². The van der Waals surface area contributed by atoms with Crippen molar-refractivity contribution in [2.75, 3.05) is 0 Å². The van der Waals surface area contributed by atoms with Crippen molar-refractivity contribution in [1.29, 1.82) is 0 Å². The molecule has 0 amide bonds. The second-order valence-electron chi connectivity index (χ2n) is 5.85. The number of rotatable bonds is 2. The quantitative estimate of drug-likeness (QED) is 0.562. The Hall–Kier alpha value is -1.21. The normalized spacial score (nSPS) is 20.6. The SMILES string of the molecule is C=C=C1CC(C)(C)CC(C)=C1/C(=C/CC)C(F)(F)F. The summed E-state index contributed by atoms with van der Waals surface area (Å²) in [6.07, 6.45) is -1.45. The monoisotopic (exact) mass is 270 g/mol. The molecule has 0 unspecified atom stereocenters. The molecule has 0 heterocycles. The maximum Gasteiger partial charge on any atom is 0.416 e. The van der Waals surface area contributed by atoms with Crippen LogP contribution < -0.4 is 0 Å². The molecule has 0 fully saturated rings. The largest absolute Gasteiger partial charge is 0.416 e. The molecule has 0 atom stereocenters. The first-order valence-corrected chi connectivity index (χ1v) is 6.49. The molecule has 0 N–H and O–H groups in total. The fourth-order valence-electron chi connectivity index (χ4n) is 2.80. The third-order valence-electron chi connectivity index (χ3n) is 3.32. The van der Waals surface area contributed by atoms with E-state index in [1.54, 1.807) is 13.8 Å². The highest BCUT2D eigenvalue weighted by atomic mass is 19.4. The molecule has 3 heteroatoms. The van der Waals surface area contributed by atoms with E-state index in [4.69, 9.17) is 0 Å². The predicted molar refractivity (Wildman–Crippen MR) is 72.8 cm³/mol. The molecule has 1 rings (SSSR count). The minimum atomic E-state index is -4.32. The summed E-state index contributed by atoms with van der Waals surface area (Å²) in [6.45, 7) is 11.2. The molecular formula is C16H21F3. The molecule has 0 aromatic heterocycles. The van der Waals surface area contributed by atoms with Gasteiger partial charge in [0.05, 0.1) is 5.57 Å². The van der Waals surface area contributed by atoms with Crippen molar-refractivity contribution in [3.8, 4) is 0 Å². The van der Waals surface area contributed by atoms with E-state index < -0.39 is 11.7 Å². The summed E-state index contributed by atoms with van der Waals surface area (Å²) >= 11 is 0. The molecule has 0 spiro atoms. The number of allylic oxidation sites excluding steroid dienone is 5. The molecule has 1 aliphatic rings. The maximum atomic E-state index is 13.2. The van der Waals surface area contributed by atoms with E-state index in [0.717, 1.165) is 5.57 Å². The maximum absolute atomic E-state index is 13.2. The van der Waals surface area contributed by atoms with Crippen molar-refractivity contribution in [2.24, 2.45) is 5.41 Å². The Morgan fingerprint density at radius 2 is 1.95 bits per heavy atom. The minimum absolute atomic E-state index is 0.0312. The highest BCUT2D eigenvalue weighted by molar-refractivity contribution is 5.53. The molecule has 0 saturated heterocycles. The molecule has 19 heavy (non-hydrogen) atoms. The van der Waals surface area contributed by atoms with Gasteiger partial charge in [-0.15, -0.1) is 5.73 Å². The minimum Gasteiger partial charge on any atom is -0.166 e. The molecule has 0 aromatic carbocycles. The zero-order valence-electron chi connectivity index (χ0n) is 12.0. The van der Waals surface area contributed by atoms with Gasteiger partial charge in [0, 0.05) is 5.57 Å². The lowest BCUT2D eigenvalue weighted by Gasteiger charge is -2.34. The van der Waals surface area contributed by atoms with Crippen LogP contribution >= 0.6 is 0 Å². The highest BCUT2D eigenvalue weighted by Crippen LogP contribution is 2.47. The van der Waals surface area contributed by atoms with Crippen LogP contribution in [-0.2, 0) is 0 Å². The number of halogens is 3. The second-order valence-corrected chi connectivity index (χ2v) is 5.85. The third-order valence-corrected chi connectivity index (χ3v) is 3.32. The smallest absolute Gasteiger partial charge is 0.166 e. The lowest BCUT2D eigenvalue weighted by Crippen LogP contribution is -2.24. The average molecular weight is 270 g/mol. The van der Waals surface area contributed by atoms with Gasteiger partial charge in [-0.1, -0.05) is 39.0 Å². The average Bonchev–Trinajstić information content (AvgIpc) is 2.23. The van der Waals surface area contributed by atoms with Gasteiger partial charge in [-0.2, -0.15) is 13.2 Å². The molecule has 0 aromatic rings. The zero-order chi connectivity index (χ0) is 14.8. The van der Waals surface area contributed by atoms with E-state index in [-0.39, 0.29) is 5.41 Å². The molecule has 0 radical (unpaired) electrons. The standard InChI is InChI=1S/C16H21F3/c1-6-8-13(16(17,18)19)14-11(3)9-15(4,5)10-12(14)7-2/h8H,2,6,9-10H2,1,3-5H3/b13-8-. The fourth-order valence-corrected chi connectivity index (χ4v) is 2.80. The van der Waals surface area contributed by atoms with E-state index in [1.165, 1.54) is 6.08 Å². The van der Waals surface area contributed by atoms with Gasteiger partial charge in [0.15, 0.2) is 0 Å². The summed E-state index contributed by atoms with van der Waals surface area (Å²) in [6, 6.07) is 0. The van der Waals surface area contributed by atoms with Crippen molar-refractivity contribution >= 4 is 0 Å². The van der Waals surface area contributed by atoms with Gasteiger partial charge in [0.1, 0.15) is 0 Å². The number of hydrogen-bond donors (Lipinski definition) is 0. The van der Waals surface area contributed by atoms with Crippen molar-refractivity contribution < 1.29 is 13.2 Å². The zero-order valence-corrected chi connectivity index (χ0v) is 12.0. The molecular weight excluding hydrogens is 249 g/mol. The summed E-state index contributed by atoms with van der Waals surface area (Å²) in [4.78, 5) is 0. The molecule has 0 saturated carbocycles. The lowest BCUT2D eigenvalue weighted by atomic mass is 9.70. The first kappa shape index (κ1) is 15.8. The Kier molecular flexibility index (Phi) is 4.52. The second kappa shape index (κ2) is 5.42. The lowest BCUT2D eigenvalue weighted by molar-refractivity contribution is -0.0896. The molecule has 0 aliphatic heterocycles. The van der Waals surface area contributed by atoms with Gasteiger partial charge in [-0.3, -0.25) is 0 Å². The van der Waals surface area contributed by atoms with Crippen LogP contribution in [0.15, 0.2) is 40.7 Å². The first-order chi connectivity index (χ1) is 8.62. The third kappa shape index (κ3) is 3.63. The van der Waals surface area contributed by atoms with E-state index in [9.17, 15) is 13.2 Å². The Morgan fingerprint density at radius 3 is 2.37 bits per heavy atom. The first-order valence-electron chi connectivity index (χ1n) is 6.49. The van der Waals surface area contributed by atoms with E-state index in [2.05, 4.69) is 26.2 Å². The predicted octanol–water partition coefficient (Wildman–Crippen LogP) is 5.73. The van der Waals surface area contributed by atoms with Crippen molar-refractivity contribution in [3.05, 3.63) is 40.7 Å². The summed E-state index contributed by atoms with van der Waals surface area (Å²) in [5.74, 6) is 0. The number of hydrogen-bond acceptors (Lipinski definition) is 0. The molecule has 0 nitrogen and oxygen atoms in total. The highest BCUT2D eigenvalue weighted by Gasteiger charge is 2.40. The van der Waals surface area contributed by atoms with E-state index >= 15 is 0 Å². The van der Waals surface area contributed by atoms with E-state index in [1.807, 2.05) is 0 Å². The van der Waals surface area contributed by atoms with Crippen LogP contribution in [0.5, 0.6) is 0 Å². The Labute approximate surface area is 113 Å². The van der Waals surface area contributed by atoms with Gasteiger partial charge in [-0.25, -0.2) is 0 Å². The van der Waals surface area contributed by atoms with Crippen molar-refractivity contribution in [2.45, 2.75) is 53.1 Å². The Bertz CT molecular complexity index is 467. The van der Waals surface area contributed by atoms with Crippen LogP contribution in [0.4, 0.5) is 13.2 Å². The molecule has 0 bridgehead atoms. The van der Waals surface area contributed by atoms with Crippen LogP contribution in [0.2, 0.25) is 0 Å². The Balaban J connectivity index is 3.44. The van der Waals surface area contributed by atoms with Crippen LogP contribution in [0.1, 0.15) is 47.0 Å². The molecule has 1 aliphatic carbocycles. The van der Waals surface area contributed by atoms with E-state index in [0.29, 0.717) is 30.4 Å². The van der Waals surface area contributed by atoms with Crippen LogP contribution in [0, 0.1) is 5.41 Å². The van der Waals surface area contributed by atoms with Gasteiger partial charge < -0.3 is 0 Å².